The van der Waals surface area contributed by atoms with Gasteiger partial charge >= 0.3 is 0 Å². The molecule has 2 heterocycles. The van der Waals surface area contributed by atoms with Crippen molar-refractivity contribution in [1.82, 2.24) is 14.7 Å². The van der Waals surface area contributed by atoms with Crippen molar-refractivity contribution in [2.45, 2.75) is 33.1 Å². The number of amides is 1. The second kappa shape index (κ2) is 5.72. The molecule has 1 saturated heterocycles. The van der Waals surface area contributed by atoms with Crippen molar-refractivity contribution < 1.29 is 4.79 Å². The van der Waals surface area contributed by atoms with E-state index < -0.39 is 0 Å². The molecule has 0 bridgehead atoms. The standard InChI is InChI=1S/C17H21N3O/c1-13-7-6-8-15(11-13)20-14(2)16(12-18-20)17(21)19-9-4-3-5-10-19/h6-8,11-12H,3-5,9-10H2,1-2H3. The van der Waals surface area contributed by atoms with Crippen LogP contribution in [-0.2, 0) is 0 Å². The van der Waals surface area contributed by atoms with Crippen molar-refractivity contribution in [1.29, 1.82) is 0 Å². The number of rotatable bonds is 2. The molecule has 1 aliphatic heterocycles. The fraction of sp³-hybridized carbons (Fsp3) is 0.412. The van der Waals surface area contributed by atoms with Crippen LogP contribution < -0.4 is 0 Å². The fourth-order valence-electron chi connectivity index (χ4n) is 2.91. The number of nitrogens with zero attached hydrogens (tertiary/aromatic N) is 3. The maximum Gasteiger partial charge on any atom is 0.257 e. The molecular formula is C17H21N3O. The van der Waals surface area contributed by atoms with Crippen molar-refractivity contribution in [3.8, 4) is 5.69 Å². The van der Waals surface area contributed by atoms with Gasteiger partial charge in [0.1, 0.15) is 0 Å². The van der Waals surface area contributed by atoms with Crippen molar-refractivity contribution in [2.75, 3.05) is 13.1 Å². The van der Waals surface area contributed by atoms with Gasteiger partial charge in [-0.2, -0.15) is 5.10 Å². The minimum Gasteiger partial charge on any atom is -0.339 e. The van der Waals surface area contributed by atoms with Gasteiger partial charge in [-0.05, 0) is 50.8 Å². The van der Waals surface area contributed by atoms with Crippen LogP contribution in [0.25, 0.3) is 5.69 Å². The van der Waals surface area contributed by atoms with Gasteiger partial charge in [0, 0.05) is 13.1 Å². The Kier molecular flexibility index (Phi) is 3.78. The molecule has 0 spiro atoms. The van der Waals surface area contributed by atoms with E-state index in [9.17, 15) is 4.79 Å². The Balaban J connectivity index is 1.90. The van der Waals surface area contributed by atoms with Crippen molar-refractivity contribution in [3.63, 3.8) is 0 Å². The number of carbonyl (C=O) groups excluding carboxylic acids is 1. The van der Waals surface area contributed by atoms with Crippen LogP contribution in [0.4, 0.5) is 0 Å². The van der Waals surface area contributed by atoms with E-state index in [-0.39, 0.29) is 5.91 Å². The van der Waals surface area contributed by atoms with Gasteiger partial charge in [0.15, 0.2) is 0 Å². The van der Waals surface area contributed by atoms with E-state index >= 15 is 0 Å². The molecule has 4 nitrogen and oxygen atoms in total. The summed E-state index contributed by atoms with van der Waals surface area (Å²) in [6.07, 6.45) is 5.15. The zero-order valence-corrected chi connectivity index (χ0v) is 12.7. The van der Waals surface area contributed by atoms with Crippen LogP contribution in [0.15, 0.2) is 30.5 Å². The molecule has 3 rings (SSSR count). The smallest absolute Gasteiger partial charge is 0.257 e. The minimum absolute atomic E-state index is 0.117. The number of likely N-dealkylation sites (tertiary alicyclic amines) is 1. The summed E-state index contributed by atoms with van der Waals surface area (Å²) in [6.45, 7) is 5.76. The average molecular weight is 283 g/mol. The topological polar surface area (TPSA) is 38.1 Å². The molecule has 0 unspecified atom stereocenters. The molecule has 2 aromatic rings. The highest BCUT2D eigenvalue weighted by Gasteiger charge is 2.22. The molecule has 0 aliphatic carbocycles. The second-order valence-electron chi connectivity index (χ2n) is 5.75. The van der Waals surface area contributed by atoms with Crippen LogP contribution in [0, 0.1) is 13.8 Å². The third-order valence-electron chi connectivity index (χ3n) is 4.13. The quantitative estimate of drug-likeness (QED) is 0.849. The summed E-state index contributed by atoms with van der Waals surface area (Å²) in [5, 5.41) is 4.41. The van der Waals surface area contributed by atoms with E-state index in [1.54, 1.807) is 6.20 Å². The van der Waals surface area contributed by atoms with Crippen molar-refractivity contribution >= 4 is 5.91 Å². The van der Waals surface area contributed by atoms with E-state index in [1.807, 2.05) is 28.6 Å². The van der Waals surface area contributed by atoms with E-state index in [1.165, 1.54) is 12.0 Å². The van der Waals surface area contributed by atoms with Gasteiger partial charge < -0.3 is 4.90 Å². The first-order valence-electron chi connectivity index (χ1n) is 7.58. The number of piperidine rings is 1. The van der Waals surface area contributed by atoms with E-state index in [0.29, 0.717) is 0 Å². The van der Waals surface area contributed by atoms with Gasteiger partial charge in [-0.1, -0.05) is 12.1 Å². The van der Waals surface area contributed by atoms with Crippen LogP contribution in [0.3, 0.4) is 0 Å². The first-order chi connectivity index (χ1) is 10.2. The molecule has 1 aromatic heterocycles. The van der Waals surface area contributed by atoms with Gasteiger partial charge in [-0.3, -0.25) is 4.79 Å². The largest absolute Gasteiger partial charge is 0.339 e. The SMILES string of the molecule is Cc1cccc(-n2ncc(C(=O)N3CCCCC3)c2C)c1. The second-order valence-corrected chi connectivity index (χ2v) is 5.75. The lowest BCUT2D eigenvalue weighted by atomic mass is 10.1. The number of hydrogen-bond acceptors (Lipinski definition) is 2. The van der Waals surface area contributed by atoms with Crippen molar-refractivity contribution in [3.05, 3.63) is 47.3 Å². The molecule has 1 amide bonds. The Hall–Kier alpha value is -2.10. The molecule has 1 aromatic carbocycles. The van der Waals surface area contributed by atoms with E-state index in [2.05, 4.69) is 24.2 Å². The Morgan fingerprint density at radius 3 is 2.62 bits per heavy atom. The third-order valence-corrected chi connectivity index (χ3v) is 4.13. The Bertz CT molecular complexity index is 654. The molecule has 0 atom stereocenters. The van der Waals surface area contributed by atoms with Gasteiger partial charge in [0.25, 0.3) is 5.91 Å². The number of aryl methyl sites for hydroxylation is 1. The van der Waals surface area contributed by atoms with Gasteiger partial charge in [-0.25, -0.2) is 4.68 Å². The lowest BCUT2D eigenvalue weighted by molar-refractivity contribution is 0.0723. The van der Waals surface area contributed by atoms with Crippen LogP contribution in [0.5, 0.6) is 0 Å². The summed E-state index contributed by atoms with van der Waals surface area (Å²) in [7, 11) is 0. The number of aromatic nitrogens is 2. The number of hydrogen-bond donors (Lipinski definition) is 0. The number of carbonyl (C=O) groups is 1. The third kappa shape index (κ3) is 2.71. The van der Waals surface area contributed by atoms with E-state index in [4.69, 9.17) is 0 Å². The highest BCUT2D eigenvalue weighted by Crippen LogP contribution is 2.19. The van der Waals surface area contributed by atoms with Crippen LogP contribution >= 0.6 is 0 Å². The predicted octanol–water partition coefficient (Wildman–Crippen LogP) is 3.12. The summed E-state index contributed by atoms with van der Waals surface area (Å²) in [5.74, 6) is 0.117. The molecular weight excluding hydrogens is 262 g/mol. The molecule has 1 fully saturated rings. The average Bonchev–Trinajstić information content (AvgIpc) is 2.89. The maximum atomic E-state index is 12.6. The minimum atomic E-state index is 0.117. The highest BCUT2D eigenvalue weighted by atomic mass is 16.2. The fourth-order valence-corrected chi connectivity index (χ4v) is 2.91. The molecule has 0 N–H and O–H groups in total. The van der Waals surface area contributed by atoms with Crippen LogP contribution in [-0.4, -0.2) is 33.7 Å². The predicted molar refractivity (Wildman–Crippen MR) is 82.8 cm³/mol. The molecule has 4 heteroatoms. The van der Waals surface area contributed by atoms with Crippen LogP contribution in [0.1, 0.15) is 40.9 Å². The molecule has 21 heavy (non-hydrogen) atoms. The van der Waals surface area contributed by atoms with Gasteiger partial charge in [0.2, 0.25) is 0 Å². The lowest BCUT2D eigenvalue weighted by Crippen LogP contribution is -2.35. The summed E-state index contributed by atoms with van der Waals surface area (Å²) >= 11 is 0. The Morgan fingerprint density at radius 1 is 1.14 bits per heavy atom. The molecule has 0 saturated carbocycles. The summed E-state index contributed by atoms with van der Waals surface area (Å²) < 4.78 is 1.85. The van der Waals surface area contributed by atoms with Crippen LogP contribution in [0.2, 0.25) is 0 Å². The van der Waals surface area contributed by atoms with Gasteiger partial charge in [-0.15, -0.1) is 0 Å². The Labute approximate surface area is 125 Å². The normalized spacial score (nSPS) is 15.2. The molecule has 1 aliphatic rings. The zero-order valence-electron chi connectivity index (χ0n) is 12.7. The first kappa shape index (κ1) is 13.9. The highest BCUT2D eigenvalue weighted by molar-refractivity contribution is 5.95. The summed E-state index contributed by atoms with van der Waals surface area (Å²) in [4.78, 5) is 14.6. The van der Waals surface area contributed by atoms with Crippen molar-refractivity contribution in [2.24, 2.45) is 0 Å². The summed E-state index contributed by atoms with van der Waals surface area (Å²) in [6, 6.07) is 8.16. The maximum absolute atomic E-state index is 12.6. The van der Waals surface area contributed by atoms with Gasteiger partial charge in [0.05, 0.1) is 23.1 Å². The molecule has 110 valence electrons. The summed E-state index contributed by atoms with van der Waals surface area (Å²) in [5.41, 5.74) is 3.83. The first-order valence-corrected chi connectivity index (χ1v) is 7.58. The zero-order chi connectivity index (χ0) is 14.8. The Morgan fingerprint density at radius 2 is 1.90 bits per heavy atom. The van der Waals surface area contributed by atoms with E-state index in [0.717, 1.165) is 42.9 Å². The lowest BCUT2D eigenvalue weighted by Gasteiger charge is -2.26. The number of benzene rings is 1. The molecule has 0 radical (unpaired) electrons. The monoisotopic (exact) mass is 283 g/mol.